The molecule has 1 aliphatic carbocycles. The highest BCUT2D eigenvalue weighted by atomic mass is 32.1. The van der Waals surface area contributed by atoms with E-state index >= 15 is 0 Å². The standard InChI is InChI=1S/C18H26N6O2S2/c1-10-13(27-23-21-10)15(25)19-9-18(5)7-12(6-17(3,4)8-18)20-16(26)14-11(2)22-24-28-14/h12H,6-9H2,1-5H3,(H,19,25)(H,20,26). The van der Waals surface area contributed by atoms with E-state index in [0.29, 0.717) is 27.7 Å². The lowest BCUT2D eigenvalue weighted by molar-refractivity contribution is 0.0594. The van der Waals surface area contributed by atoms with Crippen molar-refractivity contribution in [3.63, 3.8) is 0 Å². The van der Waals surface area contributed by atoms with Gasteiger partial charge in [-0.05, 0) is 67.0 Å². The maximum absolute atomic E-state index is 12.6. The van der Waals surface area contributed by atoms with Crippen LogP contribution in [0, 0.1) is 24.7 Å². The van der Waals surface area contributed by atoms with Crippen molar-refractivity contribution < 1.29 is 9.59 Å². The van der Waals surface area contributed by atoms with Gasteiger partial charge >= 0.3 is 0 Å². The van der Waals surface area contributed by atoms with Gasteiger partial charge < -0.3 is 10.6 Å². The topological polar surface area (TPSA) is 110 Å². The molecule has 2 heterocycles. The van der Waals surface area contributed by atoms with Crippen LogP contribution in [0.25, 0.3) is 0 Å². The SMILES string of the molecule is Cc1nnsc1C(=O)NCC1(C)CC(NC(=O)c2snnc2C)CC(C)(C)C1. The van der Waals surface area contributed by atoms with Crippen LogP contribution in [0.15, 0.2) is 0 Å². The van der Waals surface area contributed by atoms with Gasteiger partial charge in [0.2, 0.25) is 0 Å². The van der Waals surface area contributed by atoms with E-state index in [0.717, 1.165) is 42.3 Å². The van der Waals surface area contributed by atoms with Crippen LogP contribution in [-0.4, -0.2) is 43.6 Å². The Hall–Kier alpha value is -1.94. The van der Waals surface area contributed by atoms with Crippen LogP contribution in [0.5, 0.6) is 0 Å². The first kappa shape index (κ1) is 20.8. The lowest BCUT2D eigenvalue weighted by atomic mass is 9.62. The molecule has 152 valence electrons. The zero-order valence-electron chi connectivity index (χ0n) is 16.8. The summed E-state index contributed by atoms with van der Waals surface area (Å²) in [6.45, 7) is 10.7. The fraction of sp³-hybridized carbons (Fsp3) is 0.667. The highest BCUT2D eigenvalue weighted by Gasteiger charge is 2.42. The van der Waals surface area contributed by atoms with Gasteiger partial charge in [-0.25, -0.2) is 0 Å². The molecule has 1 saturated carbocycles. The van der Waals surface area contributed by atoms with Crippen LogP contribution in [0.1, 0.15) is 70.8 Å². The maximum atomic E-state index is 12.6. The molecule has 2 atom stereocenters. The Morgan fingerprint density at radius 3 is 2.11 bits per heavy atom. The molecule has 3 rings (SSSR count). The third-order valence-electron chi connectivity index (χ3n) is 5.17. The quantitative estimate of drug-likeness (QED) is 0.767. The van der Waals surface area contributed by atoms with Gasteiger partial charge in [0.15, 0.2) is 0 Å². The fourth-order valence-electron chi connectivity index (χ4n) is 4.37. The molecule has 1 fully saturated rings. The predicted octanol–water partition coefficient (Wildman–Crippen LogP) is 2.75. The van der Waals surface area contributed by atoms with Gasteiger partial charge in [0.05, 0.1) is 11.4 Å². The second kappa shape index (κ2) is 7.82. The van der Waals surface area contributed by atoms with Gasteiger partial charge in [0, 0.05) is 12.6 Å². The molecule has 8 nitrogen and oxygen atoms in total. The van der Waals surface area contributed by atoms with Gasteiger partial charge in [-0.1, -0.05) is 29.7 Å². The fourth-order valence-corrected chi connectivity index (χ4v) is 5.51. The number of carbonyl (C=O) groups excluding carboxylic acids is 2. The third-order valence-corrected chi connectivity index (χ3v) is 6.82. The first-order chi connectivity index (χ1) is 13.1. The molecule has 0 saturated heterocycles. The van der Waals surface area contributed by atoms with Crippen LogP contribution in [0.2, 0.25) is 0 Å². The van der Waals surface area contributed by atoms with Crippen molar-refractivity contribution in [2.45, 2.75) is 59.9 Å². The van der Waals surface area contributed by atoms with Crippen molar-refractivity contribution in [2.75, 3.05) is 6.54 Å². The normalized spacial score (nSPS) is 24.0. The van der Waals surface area contributed by atoms with E-state index in [1.807, 2.05) is 0 Å². The largest absolute Gasteiger partial charge is 0.351 e. The molecule has 1 aliphatic rings. The smallest absolute Gasteiger partial charge is 0.265 e. The number of aryl methyl sites for hydroxylation is 2. The van der Waals surface area contributed by atoms with Gasteiger partial charge in [-0.15, -0.1) is 10.2 Å². The Morgan fingerprint density at radius 1 is 1.00 bits per heavy atom. The molecule has 2 amide bonds. The van der Waals surface area contributed by atoms with Crippen LogP contribution < -0.4 is 10.6 Å². The first-order valence-electron chi connectivity index (χ1n) is 9.26. The number of rotatable bonds is 5. The van der Waals surface area contributed by atoms with E-state index in [1.54, 1.807) is 13.8 Å². The average molecular weight is 423 g/mol. The van der Waals surface area contributed by atoms with E-state index < -0.39 is 0 Å². The Kier molecular flexibility index (Phi) is 5.81. The summed E-state index contributed by atoms with van der Waals surface area (Å²) >= 11 is 2.23. The molecule has 0 bridgehead atoms. The molecule has 2 aromatic heterocycles. The summed E-state index contributed by atoms with van der Waals surface area (Å²) in [6, 6.07) is 0.0338. The Bertz CT molecular complexity index is 877. The van der Waals surface area contributed by atoms with E-state index in [9.17, 15) is 9.59 Å². The van der Waals surface area contributed by atoms with E-state index in [4.69, 9.17) is 0 Å². The van der Waals surface area contributed by atoms with E-state index in [-0.39, 0.29) is 28.7 Å². The number of hydrogen-bond donors (Lipinski definition) is 2. The number of amides is 2. The lowest BCUT2D eigenvalue weighted by Gasteiger charge is -2.46. The number of hydrogen-bond acceptors (Lipinski definition) is 8. The van der Waals surface area contributed by atoms with Gasteiger partial charge in [-0.3, -0.25) is 9.59 Å². The summed E-state index contributed by atoms with van der Waals surface area (Å²) in [5.74, 6) is -0.253. The molecule has 0 aliphatic heterocycles. The summed E-state index contributed by atoms with van der Waals surface area (Å²) in [4.78, 5) is 26.2. The Morgan fingerprint density at radius 2 is 1.57 bits per heavy atom. The summed E-state index contributed by atoms with van der Waals surface area (Å²) < 4.78 is 7.68. The molecule has 0 aromatic carbocycles. The van der Waals surface area contributed by atoms with Crippen molar-refractivity contribution in [2.24, 2.45) is 10.8 Å². The van der Waals surface area contributed by atoms with Crippen LogP contribution in [0.4, 0.5) is 0 Å². The molecule has 2 N–H and O–H groups in total. The van der Waals surface area contributed by atoms with Crippen molar-refractivity contribution >= 4 is 34.9 Å². The van der Waals surface area contributed by atoms with Crippen molar-refractivity contribution in [3.8, 4) is 0 Å². The third kappa shape index (κ3) is 4.72. The highest BCUT2D eigenvalue weighted by Crippen LogP contribution is 2.45. The summed E-state index contributed by atoms with van der Waals surface area (Å²) in [6.07, 6.45) is 2.66. The molecule has 10 heteroatoms. The zero-order valence-corrected chi connectivity index (χ0v) is 18.5. The molecule has 28 heavy (non-hydrogen) atoms. The monoisotopic (exact) mass is 422 g/mol. The molecule has 0 spiro atoms. The Labute approximate surface area is 172 Å². The average Bonchev–Trinajstić information content (AvgIpc) is 3.19. The van der Waals surface area contributed by atoms with Crippen molar-refractivity contribution in [1.29, 1.82) is 0 Å². The van der Waals surface area contributed by atoms with Crippen LogP contribution >= 0.6 is 23.1 Å². The lowest BCUT2D eigenvalue weighted by Crippen LogP contribution is -2.50. The second-order valence-electron chi connectivity index (χ2n) is 8.79. The molecule has 0 radical (unpaired) electrons. The number of carbonyl (C=O) groups is 2. The van der Waals surface area contributed by atoms with Crippen molar-refractivity contribution in [3.05, 3.63) is 21.1 Å². The summed E-state index contributed by atoms with van der Waals surface area (Å²) in [7, 11) is 0. The number of nitrogens with one attached hydrogen (secondary N) is 2. The van der Waals surface area contributed by atoms with Crippen LogP contribution in [-0.2, 0) is 0 Å². The van der Waals surface area contributed by atoms with E-state index in [2.05, 4.69) is 50.6 Å². The zero-order chi connectivity index (χ0) is 20.5. The number of aromatic nitrogens is 4. The van der Waals surface area contributed by atoms with Gasteiger partial charge in [0.25, 0.3) is 11.8 Å². The van der Waals surface area contributed by atoms with E-state index in [1.165, 1.54) is 0 Å². The maximum Gasteiger partial charge on any atom is 0.265 e. The van der Waals surface area contributed by atoms with Gasteiger partial charge in [-0.2, -0.15) is 0 Å². The minimum Gasteiger partial charge on any atom is -0.351 e. The first-order valence-corrected chi connectivity index (χ1v) is 10.8. The molecule has 2 aromatic rings. The Balaban J connectivity index is 1.67. The van der Waals surface area contributed by atoms with Gasteiger partial charge in [0.1, 0.15) is 9.75 Å². The minimum atomic E-state index is -0.135. The van der Waals surface area contributed by atoms with Crippen molar-refractivity contribution in [1.82, 2.24) is 29.8 Å². The number of nitrogens with zero attached hydrogens (tertiary/aromatic N) is 4. The summed E-state index contributed by atoms with van der Waals surface area (Å²) in [5.41, 5.74) is 1.23. The minimum absolute atomic E-state index is 0.0338. The molecular weight excluding hydrogens is 396 g/mol. The summed E-state index contributed by atoms with van der Waals surface area (Å²) in [5, 5.41) is 14.0. The second-order valence-corrected chi connectivity index (χ2v) is 10.3. The molecular formula is C18H26N6O2S2. The molecule has 2 unspecified atom stereocenters. The highest BCUT2D eigenvalue weighted by molar-refractivity contribution is 7.08. The predicted molar refractivity (Wildman–Crippen MR) is 109 cm³/mol. The van der Waals surface area contributed by atoms with Crippen LogP contribution in [0.3, 0.4) is 0 Å².